The Labute approximate surface area is 151 Å². The maximum Gasteiger partial charge on any atom is 0.246 e. The van der Waals surface area contributed by atoms with E-state index in [1.807, 2.05) is 36.0 Å². The number of carbonyl (C=O) groups is 1. The molecule has 2 heterocycles. The zero-order chi connectivity index (χ0) is 17.9. The number of hydrogen-bond donors (Lipinski definition) is 1. The zero-order valence-electron chi connectivity index (χ0n) is 14.5. The number of nitrogens with one attached hydrogen (secondary N) is 1. The molecule has 0 aliphatic rings. The van der Waals surface area contributed by atoms with Gasteiger partial charge in [0.2, 0.25) is 5.91 Å². The van der Waals surface area contributed by atoms with Gasteiger partial charge in [-0.15, -0.1) is 0 Å². The van der Waals surface area contributed by atoms with E-state index >= 15 is 0 Å². The topological polar surface area (TPSA) is 64.7 Å². The molecular weight excluding hydrogens is 326 g/mol. The van der Waals surface area contributed by atoms with Gasteiger partial charge in [-0.1, -0.05) is 42.5 Å². The van der Waals surface area contributed by atoms with Gasteiger partial charge in [-0.2, -0.15) is 10.2 Å². The summed E-state index contributed by atoms with van der Waals surface area (Å²) in [6, 6.07) is 16.4. The smallest absolute Gasteiger partial charge is 0.246 e. The number of rotatable bonds is 5. The number of aromatic nitrogens is 4. The van der Waals surface area contributed by atoms with Crippen molar-refractivity contribution in [1.82, 2.24) is 19.6 Å². The number of hydrogen-bond acceptors (Lipinski definition) is 3. The highest BCUT2D eigenvalue weighted by Crippen LogP contribution is 2.19. The minimum atomic E-state index is -0.127. The van der Waals surface area contributed by atoms with Crippen molar-refractivity contribution in [3.05, 3.63) is 78.4 Å². The highest BCUT2D eigenvalue weighted by atomic mass is 16.2. The Bertz CT molecular complexity index is 1060. The Morgan fingerprint density at radius 3 is 2.77 bits per heavy atom. The predicted octanol–water partition coefficient (Wildman–Crippen LogP) is 3.23. The van der Waals surface area contributed by atoms with Crippen molar-refractivity contribution < 1.29 is 4.79 Å². The van der Waals surface area contributed by atoms with Crippen LogP contribution in [0.15, 0.2) is 67.1 Å². The average Bonchev–Trinajstić information content (AvgIpc) is 3.24. The Hall–Kier alpha value is -3.41. The first-order valence-electron chi connectivity index (χ1n) is 8.46. The summed E-state index contributed by atoms with van der Waals surface area (Å²) >= 11 is 0. The van der Waals surface area contributed by atoms with E-state index in [-0.39, 0.29) is 12.5 Å². The second kappa shape index (κ2) is 6.84. The summed E-state index contributed by atoms with van der Waals surface area (Å²) < 4.78 is 3.45. The van der Waals surface area contributed by atoms with E-state index in [0.717, 1.165) is 5.69 Å². The van der Waals surface area contributed by atoms with Gasteiger partial charge >= 0.3 is 0 Å². The molecule has 0 bridgehead atoms. The van der Waals surface area contributed by atoms with E-state index in [1.54, 1.807) is 17.1 Å². The normalized spacial score (nSPS) is 11.0. The van der Waals surface area contributed by atoms with Gasteiger partial charge in [0.05, 0.1) is 24.1 Å². The third kappa shape index (κ3) is 3.49. The lowest BCUT2D eigenvalue weighted by atomic mass is 10.0. The summed E-state index contributed by atoms with van der Waals surface area (Å²) in [5.74, 6) is -0.127. The van der Waals surface area contributed by atoms with Gasteiger partial charge in [-0.05, 0) is 29.3 Å². The van der Waals surface area contributed by atoms with Gasteiger partial charge < -0.3 is 5.32 Å². The van der Waals surface area contributed by atoms with Crippen LogP contribution in [0.4, 0.5) is 5.69 Å². The van der Waals surface area contributed by atoms with Crippen LogP contribution in [0, 0.1) is 6.92 Å². The first-order chi connectivity index (χ1) is 12.7. The maximum absolute atomic E-state index is 12.1. The number of fused-ring (bicyclic) bond motifs is 1. The van der Waals surface area contributed by atoms with Gasteiger partial charge in [0, 0.05) is 12.4 Å². The Morgan fingerprint density at radius 2 is 1.92 bits per heavy atom. The number of amides is 1. The van der Waals surface area contributed by atoms with Crippen molar-refractivity contribution in [1.29, 1.82) is 0 Å². The summed E-state index contributed by atoms with van der Waals surface area (Å²) in [5.41, 5.74) is 2.76. The Morgan fingerprint density at radius 1 is 1.08 bits per heavy atom. The van der Waals surface area contributed by atoms with Crippen LogP contribution in [0.5, 0.6) is 0 Å². The second-order valence-electron chi connectivity index (χ2n) is 6.27. The molecule has 1 amide bonds. The molecule has 4 aromatic rings. The molecule has 0 aliphatic heterocycles. The van der Waals surface area contributed by atoms with Crippen LogP contribution < -0.4 is 5.32 Å². The lowest BCUT2D eigenvalue weighted by Gasteiger charge is -2.06. The van der Waals surface area contributed by atoms with Crippen molar-refractivity contribution in [3.63, 3.8) is 0 Å². The molecule has 2 aromatic carbocycles. The van der Waals surface area contributed by atoms with Gasteiger partial charge in [0.1, 0.15) is 6.54 Å². The van der Waals surface area contributed by atoms with Crippen molar-refractivity contribution in [3.8, 4) is 0 Å². The molecule has 1 N–H and O–H groups in total. The summed E-state index contributed by atoms with van der Waals surface area (Å²) in [6.07, 6.45) is 5.30. The van der Waals surface area contributed by atoms with Gasteiger partial charge in [0.15, 0.2) is 0 Å². The molecule has 6 heteroatoms. The fraction of sp³-hybridized carbons (Fsp3) is 0.150. The lowest BCUT2D eigenvalue weighted by molar-refractivity contribution is -0.116. The standard InChI is InChI=1S/C20H19N5O/c1-15-9-10-24(23-15)14-20(26)22-18-11-21-25(13-18)12-17-7-4-6-16-5-2-3-8-19(16)17/h2-11,13H,12,14H2,1H3,(H,22,26). The number of nitrogens with zero attached hydrogens (tertiary/aromatic N) is 4. The minimum Gasteiger partial charge on any atom is -0.322 e. The molecule has 6 nitrogen and oxygen atoms in total. The summed E-state index contributed by atoms with van der Waals surface area (Å²) in [4.78, 5) is 12.1. The Kier molecular flexibility index (Phi) is 4.23. The van der Waals surface area contributed by atoms with Crippen LogP contribution in [-0.2, 0) is 17.9 Å². The van der Waals surface area contributed by atoms with Crippen LogP contribution in [0.1, 0.15) is 11.3 Å². The molecule has 26 heavy (non-hydrogen) atoms. The molecule has 0 saturated carbocycles. The zero-order valence-corrected chi connectivity index (χ0v) is 14.5. The molecule has 0 fully saturated rings. The van der Waals surface area contributed by atoms with Crippen LogP contribution in [0.25, 0.3) is 10.8 Å². The Balaban J connectivity index is 1.45. The lowest BCUT2D eigenvalue weighted by Crippen LogP contribution is -2.18. The largest absolute Gasteiger partial charge is 0.322 e. The quantitative estimate of drug-likeness (QED) is 0.604. The van der Waals surface area contributed by atoms with Gasteiger partial charge in [-0.25, -0.2) is 0 Å². The van der Waals surface area contributed by atoms with Gasteiger partial charge in [0.25, 0.3) is 0 Å². The first kappa shape index (κ1) is 16.1. The third-order valence-electron chi connectivity index (χ3n) is 4.21. The first-order valence-corrected chi connectivity index (χ1v) is 8.46. The van der Waals surface area contributed by atoms with Crippen molar-refractivity contribution in [2.24, 2.45) is 0 Å². The summed E-state index contributed by atoms with van der Waals surface area (Å²) in [5, 5.41) is 13.9. The summed E-state index contributed by atoms with van der Waals surface area (Å²) in [7, 11) is 0. The molecule has 0 saturated heterocycles. The van der Waals surface area contributed by atoms with E-state index in [9.17, 15) is 4.79 Å². The predicted molar refractivity (Wildman–Crippen MR) is 101 cm³/mol. The second-order valence-corrected chi connectivity index (χ2v) is 6.27. The molecule has 0 atom stereocenters. The van der Waals surface area contributed by atoms with Crippen molar-refractivity contribution in [2.45, 2.75) is 20.0 Å². The van der Waals surface area contributed by atoms with E-state index in [2.05, 4.69) is 45.8 Å². The molecule has 130 valence electrons. The highest BCUT2D eigenvalue weighted by Gasteiger charge is 2.07. The average molecular weight is 345 g/mol. The number of anilines is 1. The highest BCUT2D eigenvalue weighted by molar-refractivity contribution is 5.90. The number of carbonyl (C=O) groups excluding carboxylic acids is 1. The number of benzene rings is 2. The van der Waals surface area contributed by atoms with E-state index in [1.165, 1.54) is 16.3 Å². The van der Waals surface area contributed by atoms with Crippen LogP contribution >= 0.6 is 0 Å². The van der Waals surface area contributed by atoms with Crippen LogP contribution in [-0.4, -0.2) is 25.5 Å². The fourth-order valence-corrected chi connectivity index (χ4v) is 3.02. The molecule has 2 aromatic heterocycles. The van der Waals surface area contributed by atoms with Gasteiger partial charge in [-0.3, -0.25) is 14.2 Å². The third-order valence-corrected chi connectivity index (χ3v) is 4.21. The van der Waals surface area contributed by atoms with E-state index in [0.29, 0.717) is 12.2 Å². The van der Waals surface area contributed by atoms with Crippen LogP contribution in [0.3, 0.4) is 0 Å². The monoisotopic (exact) mass is 345 g/mol. The number of aryl methyl sites for hydroxylation is 1. The molecule has 0 unspecified atom stereocenters. The van der Waals surface area contributed by atoms with E-state index < -0.39 is 0 Å². The molecule has 0 radical (unpaired) electrons. The fourth-order valence-electron chi connectivity index (χ4n) is 3.02. The molecule has 4 rings (SSSR count). The molecule has 0 aliphatic carbocycles. The minimum absolute atomic E-state index is 0.127. The molecule has 0 spiro atoms. The van der Waals surface area contributed by atoms with E-state index in [4.69, 9.17) is 0 Å². The van der Waals surface area contributed by atoms with Crippen molar-refractivity contribution in [2.75, 3.05) is 5.32 Å². The SMILES string of the molecule is Cc1ccn(CC(=O)Nc2cnn(Cc3cccc4ccccc34)c2)n1. The van der Waals surface area contributed by atoms with Crippen LogP contribution in [0.2, 0.25) is 0 Å². The maximum atomic E-state index is 12.1. The van der Waals surface area contributed by atoms with Crippen molar-refractivity contribution >= 4 is 22.4 Å². The summed E-state index contributed by atoms with van der Waals surface area (Å²) in [6.45, 7) is 2.73. The molecular formula is C20H19N5O.